The molecule has 0 radical (unpaired) electrons. The number of benzene rings is 1. The van der Waals surface area contributed by atoms with Gasteiger partial charge in [-0.15, -0.1) is 0 Å². The monoisotopic (exact) mass is 424 g/mol. The van der Waals surface area contributed by atoms with E-state index < -0.39 is 50.6 Å². The van der Waals surface area contributed by atoms with Crippen LogP contribution in [0.5, 0.6) is 0 Å². The van der Waals surface area contributed by atoms with Crippen LogP contribution in [-0.2, 0) is 45.0 Å². The van der Waals surface area contributed by atoms with Gasteiger partial charge in [-0.3, -0.25) is 9.48 Å². The van der Waals surface area contributed by atoms with Crippen molar-refractivity contribution in [2.24, 2.45) is 7.05 Å². The number of aryl methyl sites for hydroxylation is 1. The third-order valence-corrected chi connectivity index (χ3v) is 5.78. The lowest BCUT2D eigenvalue weighted by atomic mass is 10.2. The summed E-state index contributed by atoms with van der Waals surface area (Å²) >= 11 is 5.96. The molecule has 0 N–H and O–H groups in total. The molecule has 6 nitrogen and oxygen atoms in total. The number of alkyl halides is 3. The van der Waals surface area contributed by atoms with Crippen molar-refractivity contribution >= 4 is 27.4 Å². The van der Waals surface area contributed by atoms with Gasteiger partial charge >= 0.3 is 12.1 Å². The number of aromatic nitrogens is 2. The third-order valence-electron chi connectivity index (χ3n) is 3.62. The number of carbonyl (C=O) groups is 1. The molecule has 2 aromatic rings. The average Bonchev–Trinajstić information content (AvgIpc) is 2.92. The second kappa shape index (κ2) is 7.89. The van der Waals surface area contributed by atoms with E-state index in [9.17, 15) is 26.4 Å². The van der Waals surface area contributed by atoms with Crippen molar-refractivity contribution in [1.29, 1.82) is 0 Å². The second-order valence-electron chi connectivity index (χ2n) is 5.62. The molecule has 0 fully saturated rings. The van der Waals surface area contributed by atoms with Crippen LogP contribution in [0.4, 0.5) is 13.2 Å². The van der Waals surface area contributed by atoms with Crippen LogP contribution in [0.3, 0.4) is 0 Å². The average molecular weight is 425 g/mol. The molecule has 0 saturated carbocycles. The fourth-order valence-corrected chi connectivity index (χ4v) is 4.50. The fraction of sp³-hybridized carbons (Fsp3) is 0.375. The minimum absolute atomic E-state index is 0.0662. The van der Waals surface area contributed by atoms with Gasteiger partial charge in [-0.2, -0.15) is 18.3 Å². The molecule has 1 heterocycles. The predicted octanol–water partition coefficient (Wildman–Crippen LogP) is 3.52. The minimum Gasteiger partial charge on any atom is -0.461 e. The molecular formula is C16H16ClF3N2O4S. The normalized spacial score (nSPS) is 12.2. The molecule has 0 unspecified atom stereocenters. The first-order valence-corrected chi connectivity index (χ1v) is 9.75. The highest BCUT2D eigenvalue weighted by molar-refractivity contribution is 7.90. The van der Waals surface area contributed by atoms with Gasteiger partial charge in [0, 0.05) is 18.5 Å². The van der Waals surface area contributed by atoms with Gasteiger partial charge in [-0.05, 0) is 11.6 Å². The van der Waals surface area contributed by atoms with Gasteiger partial charge in [-0.25, -0.2) is 8.42 Å². The molecule has 0 spiro atoms. The van der Waals surface area contributed by atoms with Gasteiger partial charge in [0.25, 0.3) is 0 Å². The minimum atomic E-state index is -4.91. The summed E-state index contributed by atoms with van der Waals surface area (Å²) in [6.07, 6.45) is -4.98. The molecule has 148 valence electrons. The van der Waals surface area contributed by atoms with Crippen LogP contribution >= 0.6 is 11.6 Å². The number of hydrogen-bond acceptors (Lipinski definition) is 5. The van der Waals surface area contributed by atoms with Crippen molar-refractivity contribution in [3.8, 4) is 0 Å². The first-order chi connectivity index (χ1) is 12.5. The number of nitrogens with zero attached hydrogens (tertiary/aromatic N) is 2. The van der Waals surface area contributed by atoms with E-state index in [0.717, 1.165) is 7.05 Å². The number of esters is 1. The maximum absolute atomic E-state index is 13.3. The first kappa shape index (κ1) is 21.2. The lowest BCUT2D eigenvalue weighted by molar-refractivity contribution is -0.148. The lowest BCUT2D eigenvalue weighted by Crippen LogP contribution is -2.15. The standard InChI is InChI=1S/C16H16ClF3N2O4S/c1-3-13(23)26-8-11-14(16(18,19)20)21-22(2)15(11)27(24,25)9-10-6-4-5-7-12(10)17/h4-7H,3,8-9H2,1-2H3. The predicted molar refractivity (Wildman–Crippen MR) is 90.6 cm³/mol. The Hall–Kier alpha value is -2.07. The topological polar surface area (TPSA) is 78.3 Å². The van der Waals surface area contributed by atoms with Gasteiger partial charge < -0.3 is 4.74 Å². The van der Waals surface area contributed by atoms with E-state index in [1.165, 1.54) is 19.1 Å². The maximum atomic E-state index is 13.3. The molecule has 1 aromatic heterocycles. The molecule has 0 amide bonds. The number of halogens is 4. The molecule has 2 rings (SSSR count). The molecule has 1 aromatic carbocycles. The molecule has 0 aliphatic heterocycles. The van der Waals surface area contributed by atoms with E-state index in [1.807, 2.05) is 0 Å². The summed E-state index contributed by atoms with van der Waals surface area (Å²) in [6, 6.07) is 6.09. The number of carbonyl (C=O) groups excluding carboxylic acids is 1. The number of rotatable bonds is 6. The molecule has 11 heteroatoms. The van der Waals surface area contributed by atoms with E-state index >= 15 is 0 Å². The Bertz CT molecular complexity index is 955. The number of ether oxygens (including phenoxy) is 1. The number of sulfone groups is 1. The van der Waals surface area contributed by atoms with Gasteiger partial charge in [0.2, 0.25) is 0 Å². The Morgan fingerprint density at radius 1 is 1.30 bits per heavy atom. The van der Waals surface area contributed by atoms with Crippen molar-refractivity contribution in [2.45, 2.75) is 36.9 Å². The molecule has 0 aliphatic carbocycles. The highest BCUT2D eigenvalue weighted by atomic mass is 35.5. The van der Waals surface area contributed by atoms with E-state index in [1.54, 1.807) is 12.1 Å². The van der Waals surface area contributed by atoms with E-state index in [2.05, 4.69) is 5.10 Å². The molecule has 0 atom stereocenters. The zero-order valence-corrected chi connectivity index (χ0v) is 16.0. The van der Waals surface area contributed by atoms with Crippen LogP contribution in [0.1, 0.15) is 30.2 Å². The Morgan fingerprint density at radius 3 is 2.48 bits per heavy atom. The van der Waals surface area contributed by atoms with E-state index in [-0.39, 0.29) is 17.0 Å². The molecule has 0 bridgehead atoms. The van der Waals surface area contributed by atoms with Crippen LogP contribution in [0.2, 0.25) is 5.02 Å². The Balaban J connectivity index is 2.55. The van der Waals surface area contributed by atoms with Crippen molar-refractivity contribution < 1.29 is 31.1 Å². The van der Waals surface area contributed by atoms with E-state index in [4.69, 9.17) is 16.3 Å². The fourth-order valence-electron chi connectivity index (χ4n) is 2.44. The van der Waals surface area contributed by atoms with Crippen molar-refractivity contribution in [1.82, 2.24) is 9.78 Å². The first-order valence-electron chi connectivity index (χ1n) is 7.72. The molecule has 0 aliphatic rings. The van der Waals surface area contributed by atoms with Crippen molar-refractivity contribution in [3.05, 3.63) is 46.1 Å². The highest BCUT2D eigenvalue weighted by Crippen LogP contribution is 2.35. The van der Waals surface area contributed by atoms with Gasteiger partial charge in [0.05, 0.1) is 11.3 Å². The Labute approximate surface area is 158 Å². The van der Waals surface area contributed by atoms with Gasteiger partial charge in [-0.1, -0.05) is 36.7 Å². The summed E-state index contributed by atoms with van der Waals surface area (Å²) in [6.45, 7) is 0.609. The van der Waals surface area contributed by atoms with Crippen LogP contribution in [0, 0.1) is 0 Å². The summed E-state index contributed by atoms with van der Waals surface area (Å²) in [5.41, 5.74) is -1.89. The molecular weight excluding hydrogens is 409 g/mol. The SMILES string of the molecule is CCC(=O)OCc1c(C(F)(F)F)nn(C)c1S(=O)(=O)Cc1ccccc1Cl. The summed E-state index contributed by atoms with van der Waals surface area (Å²) in [5.74, 6) is -1.39. The van der Waals surface area contributed by atoms with Crippen LogP contribution in [0.25, 0.3) is 0 Å². The summed E-state index contributed by atoms with van der Waals surface area (Å²) in [4.78, 5) is 11.4. The smallest absolute Gasteiger partial charge is 0.435 e. The Kier molecular flexibility index (Phi) is 6.21. The maximum Gasteiger partial charge on any atom is 0.435 e. The zero-order chi connectivity index (χ0) is 20.4. The largest absolute Gasteiger partial charge is 0.461 e. The highest BCUT2D eigenvalue weighted by Gasteiger charge is 2.41. The number of hydrogen-bond donors (Lipinski definition) is 0. The molecule has 0 saturated heterocycles. The van der Waals surface area contributed by atoms with Crippen molar-refractivity contribution in [3.63, 3.8) is 0 Å². The van der Waals surface area contributed by atoms with Crippen LogP contribution < -0.4 is 0 Å². The van der Waals surface area contributed by atoms with Crippen LogP contribution in [-0.4, -0.2) is 24.2 Å². The summed E-state index contributed by atoms with van der Waals surface area (Å²) < 4.78 is 70.9. The summed E-state index contributed by atoms with van der Waals surface area (Å²) in [7, 11) is -3.18. The second-order valence-corrected chi connectivity index (χ2v) is 7.93. The Morgan fingerprint density at radius 2 is 1.93 bits per heavy atom. The van der Waals surface area contributed by atoms with Crippen molar-refractivity contribution in [2.75, 3.05) is 0 Å². The zero-order valence-electron chi connectivity index (χ0n) is 14.4. The quantitative estimate of drug-likeness (QED) is 0.663. The van der Waals surface area contributed by atoms with Gasteiger partial charge in [0.1, 0.15) is 6.61 Å². The lowest BCUT2D eigenvalue weighted by Gasteiger charge is -2.11. The molecule has 27 heavy (non-hydrogen) atoms. The van der Waals surface area contributed by atoms with Crippen LogP contribution in [0.15, 0.2) is 29.3 Å². The van der Waals surface area contributed by atoms with E-state index in [0.29, 0.717) is 4.68 Å². The van der Waals surface area contributed by atoms with Gasteiger partial charge in [0.15, 0.2) is 20.6 Å². The third kappa shape index (κ3) is 4.81. The summed E-state index contributed by atoms with van der Waals surface area (Å²) in [5, 5.41) is 2.80.